The molecule has 23 heavy (non-hydrogen) atoms. The average Bonchev–Trinajstić information content (AvgIpc) is 2.78. The minimum atomic E-state index is -0.375. The van der Waals surface area contributed by atoms with E-state index in [0.717, 1.165) is 36.1 Å². The van der Waals surface area contributed by atoms with Gasteiger partial charge in [-0.25, -0.2) is 4.98 Å². The van der Waals surface area contributed by atoms with Crippen molar-refractivity contribution in [3.8, 4) is 0 Å². The zero-order valence-corrected chi connectivity index (χ0v) is 13.6. The van der Waals surface area contributed by atoms with E-state index in [1.807, 2.05) is 35.9 Å². The fourth-order valence-electron chi connectivity index (χ4n) is 3.10. The molecule has 1 aliphatic rings. The molecule has 1 saturated heterocycles. The third-order valence-corrected chi connectivity index (χ3v) is 4.58. The average molecular weight is 314 g/mol. The van der Waals surface area contributed by atoms with Crippen molar-refractivity contribution in [2.24, 2.45) is 7.05 Å². The van der Waals surface area contributed by atoms with Crippen LogP contribution in [0.15, 0.2) is 24.3 Å². The molecule has 1 aromatic heterocycles. The molecule has 1 unspecified atom stereocenters. The van der Waals surface area contributed by atoms with Crippen LogP contribution in [0.25, 0.3) is 11.0 Å². The van der Waals surface area contributed by atoms with Gasteiger partial charge in [-0.2, -0.15) is 0 Å². The second-order valence-corrected chi connectivity index (χ2v) is 6.06. The monoisotopic (exact) mass is 314 g/mol. The normalized spacial score (nSPS) is 19.0. The number of nitrogens with one attached hydrogen (secondary N) is 1. The number of likely N-dealkylation sites (tertiary alicyclic amines) is 1. The van der Waals surface area contributed by atoms with Gasteiger partial charge >= 0.3 is 0 Å². The molecular formula is C17H22N4O2. The van der Waals surface area contributed by atoms with Crippen molar-refractivity contribution in [3.05, 3.63) is 30.1 Å². The number of benzene rings is 1. The topological polar surface area (TPSA) is 67.2 Å². The summed E-state index contributed by atoms with van der Waals surface area (Å²) in [6.07, 6.45) is 3.01. The lowest BCUT2D eigenvalue weighted by molar-refractivity contribution is -0.138. The van der Waals surface area contributed by atoms with E-state index in [4.69, 9.17) is 0 Å². The summed E-state index contributed by atoms with van der Waals surface area (Å²) < 4.78 is 1.98. The molecule has 6 heteroatoms. The van der Waals surface area contributed by atoms with E-state index < -0.39 is 0 Å². The molecule has 1 N–H and O–H groups in total. The third kappa shape index (κ3) is 3.06. The van der Waals surface area contributed by atoms with Crippen LogP contribution in [0.5, 0.6) is 0 Å². The van der Waals surface area contributed by atoms with Crippen LogP contribution in [-0.2, 0) is 23.2 Å². The first-order valence-corrected chi connectivity index (χ1v) is 8.01. The maximum atomic E-state index is 12.5. The summed E-state index contributed by atoms with van der Waals surface area (Å²) in [5.41, 5.74) is 1.96. The second kappa shape index (κ2) is 6.40. The molecule has 0 spiro atoms. The number of fused-ring (bicyclic) bond motifs is 1. The number of hydrogen-bond acceptors (Lipinski definition) is 3. The first-order valence-electron chi connectivity index (χ1n) is 8.01. The van der Waals surface area contributed by atoms with E-state index in [2.05, 4.69) is 10.3 Å². The molecule has 3 rings (SSSR count). The Hall–Kier alpha value is -2.37. The highest BCUT2D eigenvalue weighted by atomic mass is 16.2. The Balaban J connectivity index is 1.70. The van der Waals surface area contributed by atoms with Gasteiger partial charge in [0.1, 0.15) is 11.9 Å². The molecule has 0 bridgehead atoms. The highest BCUT2D eigenvalue weighted by Crippen LogP contribution is 2.17. The lowest BCUT2D eigenvalue weighted by Gasteiger charge is -2.24. The number of imidazole rings is 1. The molecular weight excluding hydrogens is 292 g/mol. The van der Waals surface area contributed by atoms with E-state index in [1.54, 1.807) is 11.9 Å². The Labute approximate surface area is 135 Å². The van der Waals surface area contributed by atoms with Gasteiger partial charge in [-0.3, -0.25) is 9.59 Å². The van der Waals surface area contributed by atoms with Gasteiger partial charge in [0.05, 0.1) is 17.6 Å². The highest BCUT2D eigenvalue weighted by molar-refractivity contribution is 5.87. The summed E-state index contributed by atoms with van der Waals surface area (Å²) in [5.74, 6) is 0.752. The SMILES string of the molecule is CN1C(=O)CCCCC1C(=O)NCc1nc2ccccc2n1C. The summed E-state index contributed by atoms with van der Waals surface area (Å²) in [5, 5.41) is 2.93. The molecule has 2 amide bonds. The van der Waals surface area contributed by atoms with E-state index in [0.29, 0.717) is 13.0 Å². The van der Waals surface area contributed by atoms with Gasteiger partial charge in [0.2, 0.25) is 11.8 Å². The zero-order chi connectivity index (χ0) is 16.4. The summed E-state index contributed by atoms with van der Waals surface area (Å²) >= 11 is 0. The Bertz CT molecular complexity index is 737. The van der Waals surface area contributed by atoms with Gasteiger partial charge < -0.3 is 14.8 Å². The van der Waals surface area contributed by atoms with E-state index in [1.165, 1.54) is 0 Å². The first kappa shape index (κ1) is 15.5. The Morgan fingerprint density at radius 1 is 1.30 bits per heavy atom. The third-order valence-electron chi connectivity index (χ3n) is 4.58. The highest BCUT2D eigenvalue weighted by Gasteiger charge is 2.28. The number of amides is 2. The molecule has 1 atom stereocenters. The standard InChI is InChI=1S/C17H22N4O2/c1-20-13-8-4-3-7-12(13)19-15(20)11-18-17(23)14-9-5-6-10-16(22)21(14)2/h3-4,7-8,14H,5-6,9-11H2,1-2H3,(H,18,23). The summed E-state index contributed by atoms with van der Waals surface area (Å²) in [7, 11) is 3.66. The van der Waals surface area contributed by atoms with Gasteiger partial charge in [0.15, 0.2) is 0 Å². The maximum absolute atomic E-state index is 12.5. The minimum absolute atomic E-state index is 0.0466. The molecule has 0 aliphatic carbocycles. The number of nitrogens with zero attached hydrogens (tertiary/aromatic N) is 3. The number of para-hydroxylation sites is 2. The quantitative estimate of drug-likeness (QED) is 0.935. The first-order chi connectivity index (χ1) is 11.1. The lowest BCUT2D eigenvalue weighted by atomic mass is 10.1. The van der Waals surface area contributed by atoms with E-state index in [-0.39, 0.29) is 17.9 Å². The largest absolute Gasteiger partial charge is 0.347 e. The van der Waals surface area contributed by atoms with Crippen LogP contribution >= 0.6 is 0 Å². The Kier molecular flexibility index (Phi) is 4.32. The molecule has 1 aliphatic heterocycles. The Morgan fingerprint density at radius 3 is 2.87 bits per heavy atom. The number of hydrogen-bond donors (Lipinski definition) is 1. The van der Waals surface area contributed by atoms with Gasteiger partial charge in [0, 0.05) is 20.5 Å². The predicted molar refractivity (Wildman–Crippen MR) is 87.6 cm³/mol. The van der Waals surface area contributed by atoms with Gasteiger partial charge in [0.25, 0.3) is 0 Å². The Morgan fingerprint density at radius 2 is 2.09 bits per heavy atom. The minimum Gasteiger partial charge on any atom is -0.347 e. The molecule has 6 nitrogen and oxygen atoms in total. The van der Waals surface area contributed by atoms with Crippen molar-refractivity contribution in [3.63, 3.8) is 0 Å². The lowest BCUT2D eigenvalue weighted by Crippen LogP contribution is -2.46. The van der Waals surface area contributed by atoms with Crippen molar-refractivity contribution in [2.75, 3.05) is 7.05 Å². The van der Waals surface area contributed by atoms with Crippen LogP contribution in [0, 0.1) is 0 Å². The fraction of sp³-hybridized carbons (Fsp3) is 0.471. The van der Waals surface area contributed by atoms with Crippen LogP contribution in [-0.4, -0.2) is 39.4 Å². The number of carbonyl (C=O) groups is 2. The molecule has 0 saturated carbocycles. The number of aryl methyl sites for hydroxylation is 1. The molecule has 2 heterocycles. The molecule has 1 aromatic carbocycles. The molecule has 122 valence electrons. The molecule has 0 radical (unpaired) electrons. The van der Waals surface area contributed by atoms with E-state index in [9.17, 15) is 9.59 Å². The number of carbonyl (C=O) groups excluding carboxylic acids is 2. The van der Waals surface area contributed by atoms with Crippen molar-refractivity contribution >= 4 is 22.8 Å². The fourth-order valence-corrected chi connectivity index (χ4v) is 3.10. The van der Waals surface area contributed by atoms with Crippen LogP contribution in [0.1, 0.15) is 31.5 Å². The molecule has 1 fully saturated rings. The van der Waals surface area contributed by atoms with Crippen molar-refractivity contribution in [1.82, 2.24) is 19.8 Å². The van der Waals surface area contributed by atoms with Crippen LogP contribution in [0.3, 0.4) is 0 Å². The van der Waals surface area contributed by atoms with Crippen LogP contribution in [0.4, 0.5) is 0 Å². The van der Waals surface area contributed by atoms with Crippen molar-refractivity contribution in [1.29, 1.82) is 0 Å². The zero-order valence-electron chi connectivity index (χ0n) is 13.6. The number of aromatic nitrogens is 2. The van der Waals surface area contributed by atoms with Crippen molar-refractivity contribution in [2.45, 2.75) is 38.3 Å². The second-order valence-electron chi connectivity index (χ2n) is 6.06. The number of rotatable bonds is 3. The molecule has 2 aromatic rings. The van der Waals surface area contributed by atoms with Crippen LogP contribution in [0.2, 0.25) is 0 Å². The predicted octanol–water partition coefficient (Wildman–Crippen LogP) is 1.59. The maximum Gasteiger partial charge on any atom is 0.243 e. The summed E-state index contributed by atoms with van der Waals surface area (Å²) in [6, 6.07) is 7.51. The van der Waals surface area contributed by atoms with E-state index >= 15 is 0 Å². The summed E-state index contributed by atoms with van der Waals surface area (Å²) in [4.78, 5) is 30.5. The summed E-state index contributed by atoms with van der Waals surface area (Å²) in [6.45, 7) is 0.364. The van der Waals surface area contributed by atoms with Gasteiger partial charge in [-0.1, -0.05) is 18.6 Å². The number of likely N-dealkylation sites (N-methyl/N-ethyl adjacent to an activating group) is 1. The smallest absolute Gasteiger partial charge is 0.243 e. The van der Waals surface area contributed by atoms with Crippen LogP contribution < -0.4 is 5.32 Å². The van der Waals surface area contributed by atoms with Crippen molar-refractivity contribution < 1.29 is 9.59 Å². The van der Waals surface area contributed by atoms with Gasteiger partial charge in [-0.05, 0) is 25.0 Å². The van der Waals surface area contributed by atoms with Gasteiger partial charge in [-0.15, -0.1) is 0 Å².